The van der Waals surface area contributed by atoms with E-state index in [1.807, 2.05) is 37.3 Å². The first-order valence-corrected chi connectivity index (χ1v) is 8.62. The largest absolute Gasteiger partial charge is 0.493 e. The lowest BCUT2D eigenvalue weighted by molar-refractivity contribution is -0.124. The molecule has 2 aromatic rings. The molecule has 0 saturated heterocycles. The zero-order valence-electron chi connectivity index (χ0n) is 15.7. The van der Waals surface area contributed by atoms with Gasteiger partial charge in [-0.1, -0.05) is 41.4 Å². The van der Waals surface area contributed by atoms with Crippen molar-refractivity contribution in [2.75, 3.05) is 21.2 Å². The number of halogens is 1. The number of aryl methyl sites for hydroxylation is 1. The highest BCUT2D eigenvalue weighted by molar-refractivity contribution is 6.32. The average molecular weight is 385 g/mol. The minimum absolute atomic E-state index is 0.00597. The molecule has 0 N–H and O–H groups in total. The van der Waals surface area contributed by atoms with Crippen molar-refractivity contribution in [2.45, 2.75) is 13.5 Å². The molecule has 0 bridgehead atoms. The molecule has 0 aliphatic rings. The van der Waals surface area contributed by atoms with Crippen LogP contribution in [-0.4, -0.2) is 32.0 Å². The number of benzene rings is 2. The summed E-state index contributed by atoms with van der Waals surface area (Å²) in [6, 6.07) is 13.2. The molecule has 0 aliphatic carbocycles. The molecular formula is C21H21ClN2O3. The van der Waals surface area contributed by atoms with E-state index in [9.17, 15) is 10.1 Å². The summed E-state index contributed by atoms with van der Waals surface area (Å²) >= 11 is 6.36. The van der Waals surface area contributed by atoms with Gasteiger partial charge in [-0.15, -0.1) is 0 Å². The Morgan fingerprint density at radius 1 is 1.26 bits per heavy atom. The second-order valence-electron chi connectivity index (χ2n) is 6.18. The maximum absolute atomic E-state index is 12.0. The summed E-state index contributed by atoms with van der Waals surface area (Å²) in [7, 11) is 4.68. The molecule has 140 valence electrons. The number of methoxy groups -OCH3 is 1. The third-order valence-electron chi connectivity index (χ3n) is 3.82. The first kappa shape index (κ1) is 20.3. The van der Waals surface area contributed by atoms with Crippen molar-refractivity contribution < 1.29 is 14.3 Å². The van der Waals surface area contributed by atoms with Crippen molar-refractivity contribution in [1.29, 1.82) is 5.26 Å². The number of carbonyl (C=O) groups excluding carboxylic acids is 1. The average Bonchev–Trinajstić information content (AvgIpc) is 2.65. The number of carbonyl (C=O) groups is 1. The molecule has 1 amide bonds. The third kappa shape index (κ3) is 5.25. The number of rotatable bonds is 6. The Balaban J connectivity index is 2.30. The van der Waals surface area contributed by atoms with Crippen molar-refractivity contribution in [3.63, 3.8) is 0 Å². The fourth-order valence-corrected chi connectivity index (χ4v) is 2.63. The van der Waals surface area contributed by atoms with Gasteiger partial charge in [0.05, 0.1) is 12.1 Å². The van der Waals surface area contributed by atoms with Crippen LogP contribution < -0.4 is 9.47 Å². The Morgan fingerprint density at radius 3 is 2.48 bits per heavy atom. The Hall–Kier alpha value is -2.97. The summed E-state index contributed by atoms with van der Waals surface area (Å²) < 4.78 is 11.2. The van der Waals surface area contributed by atoms with E-state index >= 15 is 0 Å². The third-order valence-corrected chi connectivity index (χ3v) is 4.10. The number of ether oxygens (including phenoxy) is 2. The predicted octanol–water partition coefficient (Wildman–Crippen LogP) is 4.23. The molecule has 0 radical (unpaired) electrons. The zero-order valence-corrected chi connectivity index (χ0v) is 16.5. The smallest absolute Gasteiger partial charge is 0.264 e. The minimum Gasteiger partial charge on any atom is -0.493 e. The predicted molar refractivity (Wildman–Crippen MR) is 106 cm³/mol. The van der Waals surface area contributed by atoms with E-state index in [0.717, 1.165) is 5.56 Å². The van der Waals surface area contributed by atoms with E-state index in [2.05, 4.69) is 0 Å². The molecule has 0 atom stereocenters. The number of likely N-dealkylation sites (N-methyl/N-ethyl adjacent to an activating group) is 1. The summed E-state index contributed by atoms with van der Waals surface area (Å²) in [5, 5.41) is 9.57. The number of hydrogen-bond donors (Lipinski definition) is 0. The van der Waals surface area contributed by atoms with Crippen LogP contribution in [0.5, 0.6) is 11.5 Å². The normalized spacial score (nSPS) is 10.9. The van der Waals surface area contributed by atoms with Gasteiger partial charge in [-0.2, -0.15) is 5.26 Å². The van der Waals surface area contributed by atoms with E-state index in [0.29, 0.717) is 28.7 Å². The zero-order chi connectivity index (χ0) is 20.0. The molecule has 2 aromatic carbocycles. The van der Waals surface area contributed by atoms with Gasteiger partial charge in [0.25, 0.3) is 5.91 Å². The second kappa shape index (κ2) is 9.11. The van der Waals surface area contributed by atoms with Crippen LogP contribution in [-0.2, 0) is 11.4 Å². The van der Waals surface area contributed by atoms with Crippen LogP contribution in [0, 0.1) is 18.3 Å². The van der Waals surface area contributed by atoms with Gasteiger partial charge in [-0.25, -0.2) is 0 Å². The molecule has 0 aromatic heterocycles. The van der Waals surface area contributed by atoms with Crippen LogP contribution >= 0.6 is 11.6 Å². The molecule has 0 saturated carbocycles. The van der Waals surface area contributed by atoms with E-state index in [1.54, 1.807) is 26.2 Å². The van der Waals surface area contributed by atoms with Crippen molar-refractivity contribution in [2.24, 2.45) is 0 Å². The highest BCUT2D eigenvalue weighted by atomic mass is 35.5. The van der Waals surface area contributed by atoms with Crippen LogP contribution in [0.2, 0.25) is 5.02 Å². The quantitative estimate of drug-likeness (QED) is 0.552. The van der Waals surface area contributed by atoms with Gasteiger partial charge in [0.1, 0.15) is 18.2 Å². The number of amides is 1. The summed E-state index contributed by atoms with van der Waals surface area (Å²) in [4.78, 5) is 13.4. The Kier molecular flexibility index (Phi) is 6.86. The Morgan fingerprint density at radius 2 is 1.93 bits per heavy atom. The number of nitriles is 1. The molecule has 2 rings (SSSR count). The molecule has 6 heteroatoms. The molecule has 0 spiro atoms. The van der Waals surface area contributed by atoms with E-state index in [4.69, 9.17) is 21.1 Å². The number of hydrogen-bond acceptors (Lipinski definition) is 4. The molecule has 0 heterocycles. The van der Waals surface area contributed by atoms with E-state index in [-0.39, 0.29) is 11.5 Å². The lowest BCUT2D eigenvalue weighted by Gasteiger charge is -2.14. The van der Waals surface area contributed by atoms with E-state index in [1.165, 1.54) is 23.6 Å². The topological polar surface area (TPSA) is 62.6 Å². The lowest BCUT2D eigenvalue weighted by Crippen LogP contribution is -2.22. The molecule has 27 heavy (non-hydrogen) atoms. The fraction of sp³-hybridized carbons (Fsp3) is 0.238. The second-order valence-corrected chi connectivity index (χ2v) is 6.58. The van der Waals surface area contributed by atoms with Crippen molar-refractivity contribution in [3.05, 3.63) is 63.7 Å². The van der Waals surface area contributed by atoms with Gasteiger partial charge in [0.2, 0.25) is 0 Å². The lowest BCUT2D eigenvalue weighted by atomic mass is 10.1. The number of nitrogens with zero attached hydrogens (tertiary/aromatic N) is 2. The van der Waals surface area contributed by atoms with Crippen LogP contribution in [0.4, 0.5) is 0 Å². The molecule has 0 unspecified atom stereocenters. The van der Waals surface area contributed by atoms with Gasteiger partial charge in [0, 0.05) is 14.1 Å². The molecular weight excluding hydrogens is 364 g/mol. The van der Waals surface area contributed by atoms with Gasteiger partial charge >= 0.3 is 0 Å². The molecule has 0 fully saturated rings. The summed E-state index contributed by atoms with van der Waals surface area (Å²) in [5.41, 5.74) is 2.76. The van der Waals surface area contributed by atoms with E-state index < -0.39 is 0 Å². The van der Waals surface area contributed by atoms with Crippen LogP contribution in [0.3, 0.4) is 0 Å². The Bertz CT molecular complexity index is 897. The first-order chi connectivity index (χ1) is 12.8. The minimum atomic E-state index is -0.382. The van der Waals surface area contributed by atoms with Gasteiger partial charge < -0.3 is 14.4 Å². The van der Waals surface area contributed by atoms with Crippen molar-refractivity contribution in [3.8, 4) is 17.6 Å². The highest BCUT2D eigenvalue weighted by Gasteiger charge is 2.15. The SMILES string of the molecule is COc1cc(/C=C(/C#N)C(=O)N(C)C)cc(Cl)c1OCc1ccc(C)cc1. The maximum atomic E-state index is 12.0. The summed E-state index contributed by atoms with van der Waals surface area (Å²) in [6.07, 6.45) is 1.47. The summed E-state index contributed by atoms with van der Waals surface area (Å²) in [6.45, 7) is 2.36. The maximum Gasteiger partial charge on any atom is 0.264 e. The standard InChI is InChI=1S/C21H21ClN2O3/c1-14-5-7-15(8-6-14)13-27-20-18(22)10-16(11-19(20)26-4)9-17(12-23)21(25)24(2)3/h5-11H,13H2,1-4H3/b17-9-. The molecule has 0 aliphatic heterocycles. The van der Waals surface area contributed by atoms with Gasteiger partial charge in [-0.05, 0) is 36.3 Å². The van der Waals surface area contributed by atoms with Gasteiger partial charge in [0.15, 0.2) is 11.5 Å². The van der Waals surface area contributed by atoms with Crippen LogP contribution in [0.25, 0.3) is 6.08 Å². The Labute approximate surface area is 164 Å². The fourth-order valence-electron chi connectivity index (χ4n) is 2.35. The highest BCUT2D eigenvalue weighted by Crippen LogP contribution is 2.37. The van der Waals surface area contributed by atoms with Crippen molar-refractivity contribution in [1.82, 2.24) is 4.90 Å². The van der Waals surface area contributed by atoms with Crippen LogP contribution in [0.1, 0.15) is 16.7 Å². The summed E-state index contributed by atoms with van der Waals surface area (Å²) in [5.74, 6) is 0.456. The van der Waals surface area contributed by atoms with Crippen LogP contribution in [0.15, 0.2) is 42.0 Å². The molecule has 5 nitrogen and oxygen atoms in total. The first-order valence-electron chi connectivity index (χ1n) is 8.25. The monoisotopic (exact) mass is 384 g/mol. The van der Waals surface area contributed by atoms with Gasteiger partial charge in [-0.3, -0.25) is 4.79 Å². The van der Waals surface area contributed by atoms with Crippen molar-refractivity contribution >= 4 is 23.6 Å².